The Morgan fingerprint density at radius 2 is 2.12 bits per heavy atom. The standard InChI is InChI=1S/C11H10F3NO2/c1-16-9-6-7(11(12,13)14)2-3-8(9)10-15-4-5-17-10/h2-3,6H,4-5H2,1H3. The average Bonchev–Trinajstić information content (AvgIpc) is 2.80. The molecule has 0 aliphatic carbocycles. The third-order valence-electron chi connectivity index (χ3n) is 2.34. The normalized spacial score (nSPS) is 15.4. The second kappa shape index (κ2) is 4.27. The van der Waals surface area contributed by atoms with E-state index in [2.05, 4.69) is 4.99 Å². The van der Waals surface area contributed by atoms with Gasteiger partial charge in [0.1, 0.15) is 12.4 Å². The fraction of sp³-hybridized carbons (Fsp3) is 0.364. The van der Waals surface area contributed by atoms with E-state index in [4.69, 9.17) is 9.47 Å². The molecule has 0 N–H and O–H groups in total. The van der Waals surface area contributed by atoms with E-state index < -0.39 is 11.7 Å². The van der Waals surface area contributed by atoms with E-state index in [1.54, 1.807) is 0 Å². The number of methoxy groups -OCH3 is 1. The summed E-state index contributed by atoms with van der Waals surface area (Å²) in [6, 6.07) is 3.24. The minimum atomic E-state index is -4.38. The maximum absolute atomic E-state index is 12.5. The van der Waals surface area contributed by atoms with Crippen LogP contribution >= 0.6 is 0 Å². The first-order valence-corrected chi connectivity index (χ1v) is 4.95. The Hall–Kier alpha value is -1.72. The lowest BCUT2D eigenvalue weighted by molar-refractivity contribution is -0.137. The Bertz CT molecular complexity index is 455. The van der Waals surface area contributed by atoms with Crippen LogP contribution in [0, 0.1) is 0 Å². The summed E-state index contributed by atoms with van der Waals surface area (Å²) >= 11 is 0. The van der Waals surface area contributed by atoms with Gasteiger partial charge in [-0.2, -0.15) is 13.2 Å². The van der Waals surface area contributed by atoms with Crippen molar-refractivity contribution in [2.45, 2.75) is 6.18 Å². The molecular formula is C11H10F3NO2. The molecule has 0 radical (unpaired) electrons. The third-order valence-corrected chi connectivity index (χ3v) is 2.34. The number of hydrogen-bond donors (Lipinski definition) is 0. The molecule has 0 bridgehead atoms. The molecule has 0 amide bonds. The lowest BCUT2D eigenvalue weighted by Gasteiger charge is -2.12. The van der Waals surface area contributed by atoms with Crippen LogP contribution in [0.4, 0.5) is 13.2 Å². The maximum atomic E-state index is 12.5. The van der Waals surface area contributed by atoms with Gasteiger partial charge in [-0.1, -0.05) is 0 Å². The summed E-state index contributed by atoms with van der Waals surface area (Å²) in [5.74, 6) is 0.441. The number of rotatable bonds is 2. The number of benzene rings is 1. The predicted octanol–water partition coefficient (Wildman–Crippen LogP) is 2.49. The van der Waals surface area contributed by atoms with Crippen LogP contribution in [-0.2, 0) is 10.9 Å². The molecule has 0 saturated carbocycles. The molecule has 3 nitrogen and oxygen atoms in total. The van der Waals surface area contributed by atoms with Gasteiger partial charge < -0.3 is 9.47 Å². The topological polar surface area (TPSA) is 30.8 Å². The second-order valence-corrected chi connectivity index (χ2v) is 3.45. The quantitative estimate of drug-likeness (QED) is 0.801. The minimum absolute atomic E-state index is 0.112. The van der Waals surface area contributed by atoms with E-state index in [0.29, 0.717) is 24.6 Å². The monoisotopic (exact) mass is 245 g/mol. The fourth-order valence-electron chi connectivity index (χ4n) is 1.54. The zero-order valence-corrected chi connectivity index (χ0v) is 9.04. The molecule has 92 valence electrons. The molecule has 1 aliphatic heterocycles. The van der Waals surface area contributed by atoms with Gasteiger partial charge in [0.15, 0.2) is 0 Å². The summed E-state index contributed by atoms with van der Waals surface area (Å²) < 4.78 is 47.6. The van der Waals surface area contributed by atoms with Gasteiger partial charge in [-0.3, -0.25) is 0 Å². The van der Waals surface area contributed by atoms with Gasteiger partial charge in [-0.25, -0.2) is 4.99 Å². The van der Waals surface area contributed by atoms with Gasteiger partial charge in [0.25, 0.3) is 0 Å². The number of hydrogen-bond acceptors (Lipinski definition) is 3. The summed E-state index contributed by atoms with van der Waals surface area (Å²) in [7, 11) is 1.31. The molecule has 1 aromatic carbocycles. The zero-order chi connectivity index (χ0) is 12.5. The number of alkyl halides is 3. The molecular weight excluding hydrogens is 235 g/mol. The van der Waals surface area contributed by atoms with Crippen molar-refractivity contribution >= 4 is 5.90 Å². The van der Waals surface area contributed by atoms with Crippen molar-refractivity contribution in [3.63, 3.8) is 0 Å². The highest BCUT2D eigenvalue weighted by Crippen LogP contribution is 2.33. The smallest absolute Gasteiger partial charge is 0.416 e. The minimum Gasteiger partial charge on any atom is -0.496 e. The average molecular weight is 245 g/mol. The third kappa shape index (κ3) is 2.35. The van der Waals surface area contributed by atoms with Crippen LogP contribution < -0.4 is 4.74 Å². The number of ether oxygens (including phenoxy) is 2. The summed E-state index contributed by atoms with van der Waals surface area (Å²) in [6.45, 7) is 0.957. The van der Waals surface area contributed by atoms with Gasteiger partial charge in [0.05, 0.1) is 24.8 Å². The zero-order valence-electron chi connectivity index (χ0n) is 9.04. The van der Waals surface area contributed by atoms with Crippen molar-refractivity contribution in [1.82, 2.24) is 0 Å². The first-order chi connectivity index (χ1) is 8.02. The second-order valence-electron chi connectivity index (χ2n) is 3.45. The largest absolute Gasteiger partial charge is 0.496 e. The van der Waals surface area contributed by atoms with Crippen LogP contribution in [0.5, 0.6) is 5.75 Å². The molecule has 1 heterocycles. The molecule has 0 atom stereocenters. The number of aliphatic imine (C=N–C) groups is 1. The Morgan fingerprint density at radius 1 is 1.35 bits per heavy atom. The fourth-order valence-corrected chi connectivity index (χ4v) is 1.54. The number of nitrogens with zero attached hydrogens (tertiary/aromatic N) is 1. The summed E-state index contributed by atoms with van der Waals surface area (Å²) in [4.78, 5) is 4.04. The van der Waals surface area contributed by atoms with Gasteiger partial charge in [0, 0.05) is 0 Å². The van der Waals surface area contributed by atoms with Crippen LogP contribution in [0.1, 0.15) is 11.1 Å². The van der Waals surface area contributed by atoms with Crippen LogP contribution in [0.15, 0.2) is 23.2 Å². The maximum Gasteiger partial charge on any atom is 0.416 e. The lowest BCUT2D eigenvalue weighted by atomic mass is 10.1. The molecule has 0 unspecified atom stereocenters. The van der Waals surface area contributed by atoms with Crippen LogP contribution in [0.3, 0.4) is 0 Å². The summed E-state index contributed by atoms with van der Waals surface area (Å²) in [6.07, 6.45) is -4.38. The first-order valence-electron chi connectivity index (χ1n) is 4.95. The highest BCUT2D eigenvalue weighted by Gasteiger charge is 2.32. The van der Waals surface area contributed by atoms with Crippen molar-refractivity contribution in [1.29, 1.82) is 0 Å². The Kier molecular flexibility index (Phi) is 2.95. The highest BCUT2D eigenvalue weighted by atomic mass is 19.4. The summed E-state index contributed by atoms with van der Waals surface area (Å²) in [5, 5.41) is 0. The summed E-state index contributed by atoms with van der Waals surface area (Å²) in [5.41, 5.74) is -0.310. The molecule has 1 aliphatic rings. The SMILES string of the molecule is COc1cc(C(F)(F)F)ccc1C1=NCCO1. The molecule has 6 heteroatoms. The van der Waals surface area contributed by atoms with E-state index in [-0.39, 0.29) is 5.75 Å². The van der Waals surface area contributed by atoms with Crippen molar-refractivity contribution in [3.05, 3.63) is 29.3 Å². The lowest BCUT2D eigenvalue weighted by Crippen LogP contribution is -2.09. The molecule has 17 heavy (non-hydrogen) atoms. The molecule has 0 saturated heterocycles. The molecule has 0 fully saturated rings. The molecule has 0 spiro atoms. The Labute approximate surface area is 95.9 Å². The van der Waals surface area contributed by atoms with E-state index in [1.807, 2.05) is 0 Å². The van der Waals surface area contributed by atoms with Crippen molar-refractivity contribution in [2.75, 3.05) is 20.3 Å². The Morgan fingerprint density at radius 3 is 2.65 bits per heavy atom. The van der Waals surface area contributed by atoms with Crippen molar-refractivity contribution < 1.29 is 22.6 Å². The van der Waals surface area contributed by atoms with Crippen LogP contribution in [0.25, 0.3) is 0 Å². The van der Waals surface area contributed by atoms with E-state index >= 15 is 0 Å². The van der Waals surface area contributed by atoms with Crippen LogP contribution in [0.2, 0.25) is 0 Å². The first kappa shape index (κ1) is 11.8. The van der Waals surface area contributed by atoms with E-state index in [9.17, 15) is 13.2 Å². The van der Waals surface area contributed by atoms with Gasteiger partial charge in [-0.15, -0.1) is 0 Å². The number of halogens is 3. The van der Waals surface area contributed by atoms with Gasteiger partial charge in [0.2, 0.25) is 5.90 Å². The van der Waals surface area contributed by atoms with Gasteiger partial charge >= 0.3 is 6.18 Å². The van der Waals surface area contributed by atoms with Crippen LogP contribution in [-0.4, -0.2) is 26.2 Å². The van der Waals surface area contributed by atoms with E-state index in [1.165, 1.54) is 13.2 Å². The van der Waals surface area contributed by atoms with Crippen molar-refractivity contribution in [3.8, 4) is 5.75 Å². The van der Waals surface area contributed by atoms with Gasteiger partial charge in [-0.05, 0) is 18.2 Å². The predicted molar refractivity (Wildman–Crippen MR) is 55.4 cm³/mol. The molecule has 1 aromatic rings. The van der Waals surface area contributed by atoms with E-state index in [0.717, 1.165) is 12.1 Å². The molecule has 0 aromatic heterocycles. The van der Waals surface area contributed by atoms with Crippen molar-refractivity contribution in [2.24, 2.45) is 4.99 Å². The highest BCUT2D eigenvalue weighted by molar-refractivity contribution is 5.97. The Balaban J connectivity index is 2.42. The molecule has 2 rings (SSSR count).